The van der Waals surface area contributed by atoms with Crippen molar-refractivity contribution >= 4 is 34.6 Å². The van der Waals surface area contributed by atoms with Gasteiger partial charge >= 0.3 is 12.1 Å². The van der Waals surface area contributed by atoms with Crippen LogP contribution in [0.2, 0.25) is 0 Å². The second-order valence-electron chi connectivity index (χ2n) is 8.73. The summed E-state index contributed by atoms with van der Waals surface area (Å²) in [6, 6.07) is 15.2. The fraction of sp³-hybridized carbons (Fsp3) is 0.292. The molecule has 3 aromatic rings. The lowest BCUT2D eigenvalue weighted by atomic mass is 10.1. The zero-order valence-corrected chi connectivity index (χ0v) is 18.0. The van der Waals surface area contributed by atoms with Crippen LogP contribution in [0, 0.1) is 0 Å². The van der Waals surface area contributed by atoms with Crippen LogP contribution >= 0.6 is 0 Å². The maximum atomic E-state index is 13.1. The van der Waals surface area contributed by atoms with Crippen molar-refractivity contribution < 1.29 is 14.4 Å². The molecule has 9 nitrogen and oxygen atoms in total. The highest BCUT2D eigenvalue weighted by molar-refractivity contribution is 6.05. The molecule has 4 amide bonds. The van der Waals surface area contributed by atoms with Crippen LogP contribution in [0.5, 0.6) is 0 Å². The van der Waals surface area contributed by atoms with E-state index in [9.17, 15) is 14.4 Å². The minimum atomic E-state index is -0.651. The molecule has 0 unspecified atom stereocenters. The summed E-state index contributed by atoms with van der Waals surface area (Å²) in [5, 5.41) is 6.59. The van der Waals surface area contributed by atoms with E-state index in [1.54, 1.807) is 18.2 Å². The van der Waals surface area contributed by atoms with Gasteiger partial charge in [0.15, 0.2) is 0 Å². The molecular weight excluding hydrogens is 420 g/mol. The van der Waals surface area contributed by atoms with Crippen molar-refractivity contribution in [3.05, 3.63) is 66.4 Å². The smallest absolute Gasteiger partial charge is 0.323 e. The minimum Gasteiger partial charge on any atom is -0.351 e. The number of hydrogen-bond donors (Lipinski definition) is 4. The van der Waals surface area contributed by atoms with E-state index >= 15 is 0 Å². The lowest BCUT2D eigenvalue weighted by Gasteiger charge is -2.24. The molecule has 0 radical (unpaired) electrons. The third-order valence-corrected chi connectivity index (χ3v) is 6.43. The van der Waals surface area contributed by atoms with Gasteiger partial charge in [-0.05, 0) is 24.5 Å². The number of anilines is 1. The van der Waals surface area contributed by atoms with Gasteiger partial charge in [0.05, 0.1) is 11.2 Å². The Morgan fingerprint density at radius 1 is 0.970 bits per heavy atom. The molecule has 1 aliphatic carbocycles. The Morgan fingerprint density at radius 3 is 2.45 bits per heavy atom. The van der Waals surface area contributed by atoms with Crippen LogP contribution in [0.4, 0.5) is 15.3 Å². The largest absolute Gasteiger partial charge is 0.351 e. The SMILES string of the molecule is NC(=O)n1cc(NC(=O)N2C[C@@H](N)C[C@H]2C(=O)N[C@@H]2C[C@H]2c2ccccc2)c2ccccc21. The summed E-state index contributed by atoms with van der Waals surface area (Å²) < 4.78 is 1.28. The molecule has 1 saturated carbocycles. The van der Waals surface area contributed by atoms with Gasteiger partial charge in [-0.3, -0.25) is 9.36 Å². The molecule has 5 rings (SSSR count). The van der Waals surface area contributed by atoms with Crippen molar-refractivity contribution in [3.8, 4) is 0 Å². The molecule has 2 aromatic carbocycles. The topological polar surface area (TPSA) is 135 Å². The number of nitrogens with one attached hydrogen (secondary N) is 2. The Balaban J connectivity index is 1.29. The summed E-state index contributed by atoms with van der Waals surface area (Å²) in [6.45, 7) is 0.269. The second kappa shape index (κ2) is 8.25. The predicted octanol–water partition coefficient (Wildman–Crippen LogP) is 2.17. The highest BCUT2D eigenvalue weighted by atomic mass is 16.2. The molecule has 9 heteroatoms. The molecule has 4 atom stereocenters. The average Bonchev–Trinajstić information content (AvgIpc) is 3.30. The van der Waals surface area contributed by atoms with Crippen molar-refractivity contribution in [2.45, 2.75) is 36.9 Å². The van der Waals surface area contributed by atoms with E-state index in [1.807, 2.05) is 24.3 Å². The summed E-state index contributed by atoms with van der Waals surface area (Å²) in [5.74, 6) is 0.105. The van der Waals surface area contributed by atoms with Crippen LogP contribution in [-0.4, -0.2) is 52.1 Å². The number of carbonyl (C=O) groups is 3. The lowest BCUT2D eigenvalue weighted by Crippen LogP contribution is -2.48. The first-order chi connectivity index (χ1) is 15.9. The zero-order chi connectivity index (χ0) is 23.1. The van der Waals surface area contributed by atoms with Gasteiger partial charge in [-0.15, -0.1) is 0 Å². The van der Waals surface area contributed by atoms with E-state index in [-0.39, 0.29) is 24.5 Å². The number of fused-ring (bicyclic) bond motifs is 1. The van der Waals surface area contributed by atoms with Crippen LogP contribution in [0.3, 0.4) is 0 Å². The first-order valence-electron chi connectivity index (χ1n) is 11.0. The van der Waals surface area contributed by atoms with Crippen LogP contribution in [-0.2, 0) is 4.79 Å². The lowest BCUT2D eigenvalue weighted by molar-refractivity contribution is -0.124. The standard InChI is InChI=1S/C24H26N6O3/c25-15-10-21(22(31)27-18-11-17(18)14-6-2-1-3-7-14)30(12-15)24(33)28-19-13-29(23(26)32)20-9-5-4-8-16(19)20/h1-9,13,15,17-18,21H,10-12,25H2,(H2,26,32)(H,27,31)(H,28,33)/t15-,17-,18+,21-/m0/s1. The first kappa shape index (κ1) is 21.0. The van der Waals surface area contributed by atoms with Gasteiger partial charge in [-0.25, -0.2) is 9.59 Å². The highest BCUT2D eigenvalue weighted by Gasteiger charge is 2.44. The van der Waals surface area contributed by atoms with Crippen molar-refractivity contribution in [2.24, 2.45) is 11.5 Å². The third kappa shape index (κ3) is 4.03. The van der Waals surface area contributed by atoms with Gasteiger partial charge in [-0.2, -0.15) is 0 Å². The molecule has 1 aliphatic heterocycles. The number of para-hydroxylation sites is 1. The molecule has 1 saturated heterocycles. The number of hydrogen-bond acceptors (Lipinski definition) is 4. The Kier molecular flexibility index (Phi) is 5.26. The molecule has 6 N–H and O–H groups in total. The van der Waals surface area contributed by atoms with Crippen molar-refractivity contribution in [2.75, 3.05) is 11.9 Å². The van der Waals surface area contributed by atoms with Crippen LogP contribution < -0.4 is 22.1 Å². The first-order valence-corrected chi connectivity index (χ1v) is 11.0. The van der Waals surface area contributed by atoms with Gasteiger partial charge in [-0.1, -0.05) is 48.5 Å². The number of benzene rings is 2. The molecule has 170 valence electrons. The van der Waals surface area contributed by atoms with Crippen LogP contribution in [0.25, 0.3) is 10.9 Å². The molecular formula is C24H26N6O3. The zero-order valence-electron chi connectivity index (χ0n) is 18.0. The van der Waals surface area contributed by atoms with E-state index in [1.165, 1.54) is 21.2 Å². The van der Waals surface area contributed by atoms with Gasteiger partial charge in [0, 0.05) is 36.1 Å². The average molecular weight is 447 g/mol. The third-order valence-electron chi connectivity index (χ3n) is 6.43. The van der Waals surface area contributed by atoms with Crippen LogP contribution in [0.1, 0.15) is 24.3 Å². The quantitative estimate of drug-likeness (QED) is 0.488. The van der Waals surface area contributed by atoms with E-state index in [2.05, 4.69) is 22.8 Å². The van der Waals surface area contributed by atoms with E-state index in [4.69, 9.17) is 11.5 Å². The summed E-state index contributed by atoms with van der Waals surface area (Å²) in [6.07, 6.45) is 2.77. The number of nitrogens with zero attached hydrogens (tertiary/aromatic N) is 2. The number of aromatic nitrogens is 1. The second-order valence-corrected chi connectivity index (χ2v) is 8.73. The predicted molar refractivity (Wildman–Crippen MR) is 125 cm³/mol. The number of carbonyl (C=O) groups excluding carboxylic acids is 3. The normalized spacial score (nSPS) is 24.0. The van der Waals surface area contributed by atoms with Crippen molar-refractivity contribution in [1.82, 2.24) is 14.8 Å². The van der Waals surface area contributed by atoms with Crippen molar-refractivity contribution in [3.63, 3.8) is 0 Å². The number of primary amides is 1. The molecule has 2 aliphatic rings. The Labute approximate surface area is 190 Å². The fourth-order valence-corrected chi connectivity index (χ4v) is 4.69. The summed E-state index contributed by atoms with van der Waals surface area (Å²) >= 11 is 0. The number of likely N-dealkylation sites (tertiary alicyclic amines) is 1. The molecule has 2 fully saturated rings. The van der Waals surface area contributed by atoms with Crippen LogP contribution in [0.15, 0.2) is 60.8 Å². The molecule has 0 spiro atoms. The number of nitrogens with two attached hydrogens (primary N) is 2. The Hall–Kier alpha value is -3.85. The number of amides is 4. The minimum absolute atomic E-state index is 0.0650. The fourth-order valence-electron chi connectivity index (χ4n) is 4.69. The van der Waals surface area contributed by atoms with Crippen molar-refractivity contribution in [1.29, 1.82) is 0 Å². The monoisotopic (exact) mass is 446 g/mol. The Morgan fingerprint density at radius 2 is 1.70 bits per heavy atom. The molecule has 0 bridgehead atoms. The molecule has 1 aromatic heterocycles. The molecule has 2 heterocycles. The van der Waals surface area contributed by atoms with Gasteiger partial charge in [0.2, 0.25) is 5.91 Å². The van der Waals surface area contributed by atoms with Gasteiger partial charge < -0.3 is 27.0 Å². The van der Waals surface area contributed by atoms with Gasteiger partial charge in [0.25, 0.3) is 0 Å². The van der Waals surface area contributed by atoms with Gasteiger partial charge in [0.1, 0.15) is 6.04 Å². The summed E-state index contributed by atoms with van der Waals surface area (Å²) in [4.78, 5) is 39.4. The maximum absolute atomic E-state index is 13.1. The summed E-state index contributed by atoms with van der Waals surface area (Å²) in [5.41, 5.74) is 13.8. The summed E-state index contributed by atoms with van der Waals surface area (Å²) in [7, 11) is 0. The van der Waals surface area contributed by atoms with E-state index in [0.29, 0.717) is 28.9 Å². The van der Waals surface area contributed by atoms with E-state index < -0.39 is 18.1 Å². The maximum Gasteiger partial charge on any atom is 0.323 e. The number of urea groups is 1. The van der Waals surface area contributed by atoms with E-state index in [0.717, 1.165) is 6.42 Å². The molecule has 33 heavy (non-hydrogen) atoms. The number of rotatable bonds is 4. The highest BCUT2D eigenvalue weighted by Crippen LogP contribution is 2.40. The Bertz CT molecular complexity index is 1220.